The molecule has 2 aromatic rings. The number of esters is 1. The molecule has 3 amide bonds. The van der Waals surface area contributed by atoms with Crippen molar-refractivity contribution < 1.29 is 23.9 Å². The first-order chi connectivity index (χ1) is 18.3. The van der Waals surface area contributed by atoms with Crippen LogP contribution in [0, 0.1) is 10.8 Å². The van der Waals surface area contributed by atoms with Gasteiger partial charge in [0.05, 0.1) is 17.8 Å². The van der Waals surface area contributed by atoms with Gasteiger partial charge in [-0.05, 0) is 48.8 Å². The number of thiophene rings is 1. The van der Waals surface area contributed by atoms with Crippen LogP contribution in [0.15, 0.2) is 42.5 Å². The molecule has 3 rings (SSSR count). The van der Waals surface area contributed by atoms with E-state index in [1.54, 1.807) is 19.1 Å². The zero-order valence-electron chi connectivity index (χ0n) is 22.8. The SMILES string of the molecule is C[C@H](NC(=O)[C@H]1C[C@@H](c2ccccc2)CCN1C(=O)OC(=O)CC(C)(C)C)C(=O)NCc1ccc(C(=N)N)s1. The van der Waals surface area contributed by atoms with Crippen molar-refractivity contribution >= 4 is 41.0 Å². The van der Waals surface area contributed by atoms with Gasteiger partial charge in [0.25, 0.3) is 0 Å². The van der Waals surface area contributed by atoms with Crippen LogP contribution < -0.4 is 16.4 Å². The van der Waals surface area contributed by atoms with Crippen molar-refractivity contribution in [3.63, 3.8) is 0 Å². The maximum absolute atomic E-state index is 13.4. The summed E-state index contributed by atoms with van der Waals surface area (Å²) in [6.45, 7) is 7.63. The molecule has 0 unspecified atom stereocenters. The Balaban J connectivity index is 1.67. The Morgan fingerprint density at radius 1 is 1.15 bits per heavy atom. The monoisotopic (exact) mass is 555 g/mol. The summed E-state index contributed by atoms with van der Waals surface area (Å²) >= 11 is 1.30. The zero-order valence-corrected chi connectivity index (χ0v) is 23.6. The third-order valence-electron chi connectivity index (χ3n) is 6.40. The van der Waals surface area contributed by atoms with Crippen molar-refractivity contribution in [1.29, 1.82) is 5.41 Å². The molecule has 2 heterocycles. The van der Waals surface area contributed by atoms with Gasteiger partial charge in [-0.15, -0.1) is 11.3 Å². The highest BCUT2D eigenvalue weighted by Crippen LogP contribution is 2.32. The van der Waals surface area contributed by atoms with E-state index in [1.165, 1.54) is 16.2 Å². The number of amides is 3. The lowest BCUT2D eigenvalue weighted by Gasteiger charge is -2.38. The molecule has 10 nitrogen and oxygen atoms in total. The third-order valence-corrected chi connectivity index (χ3v) is 7.52. The van der Waals surface area contributed by atoms with E-state index in [0.29, 0.717) is 17.7 Å². The smallest absolute Gasteiger partial charge is 0.383 e. The molecule has 11 heteroatoms. The standard InChI is InChI=1S/C28H37N5O5S/c1-17(25(35)31-16-20-10-11-22(39-20)24(29)30)32-26(36)21-14-19(18-8-6-5-7-9-18)12-13-33(21)27(37)38-23(34)15-28(2,3)4/h5-11,17,19,21H,12-16H2,1-4H3,(H3,29,30)(H,31,35)(H,32,36)/t17-,19-,21+/m0/s1. The van der Waals surface area contributed by atoms with Crippen molar-refractivity contribution in [3.05, 3.63) is 57.8 Å². The van der Waals surface area contributed by atoms with Crippen LogP contribution in [0.3, 0.4) is 0 Å². The van der Waals surface area contributed by atoms with Crippen LogP contribution in [0.2, 0.25) is 0 Å². The Hall–Kier alpha value is -3.73. The van der Waals surface area contributed by atoms with Crippen LogP contribution in [-0.4, -0.2) is 53.2 Å². The number of amidine groups is 1. The predicted octanol–water partition coefficient (Wildman–Crippen LogP) is 3.50. The third kappa shape index (κ3) is 8.64. The molecule has 1 aliphatic rings. The molecule has 3 atom stereocenters. The number of nitrogens with two attached hydrogens (primary N) is 1. The largest absolute Gasteiger partial charge is 0.418 e. The molecule has 1 aromatic heterocycles. The number of nitrogens with zero attached hydrogens (tertiary/aromatic N) is 1. The number of hydrogen-bond acceptors (Lipinski definition) is 7. The Morgan fingerprint density at radius 3 is 2.46 bits per heavy atom. The van der Waals surface area contributed by atoms with Crippen molar-refractivity contribution in [2.24, 2.45) is 11.1 Å². The summed E-state index contributed by atoms with van der Waals surface area (Å²) in [6.07, 6.45) is 0.142. The Morgan fingerprint density at radius 2 is 1.85 bits per heavy atom. The highest BCUT2D eigenvalue weighted by molar-refractivity contribution is 7.14. The number of nitrogen functional groups attached to an aromatic ring is 1. The molecule has 1 aliphatic heterocycles. The molecule has 5 N–H and O–H groups in total. The first-order valence-corrected chi connectivity index (χ1v) is 13.7. The molecular weight excluding hydrogens is 518 g/mol. The minimum atomic E-state index is -0.912. The number of benzene rings is 1. The Labute approximate surface area is 232 Å². The number of hydrogen-bond donors (Lipinski definition) is 4. The molecule has 1 fully saturated rings. The second kappa shape index (κ2) is 12.9. The second-order valence-corrected chi connectivity index (χ2v) is 12.1. The van der Waals surface area contributed by atoms with Gasteiger partial charge in [-0.3, -0.25) is 24.7 Å². The van der Waals surface area contributed by atoms with Gasteiger partial charge in [-0.1, -0.05) is 51.1 Å². The maximum atomic E-state index is 13.4. The van der Waals surface area contributed by atoms with Gasteiger partial charge in [0, 0.05) is 11.4 Å². The number of nitrogens with one attached hydrogen (secondary N) is 3. The second-order valence-electron chi connectivity index (χ2n) is 10.9. The van der Waals surface area contributed by atoms with E-state index in [0.717, 1.165) is 10.4 Å². The van der Waals surface area contributed by atoms with Crippen LogP contribution in [-0.2, 0) is 25.7 Å². The molecule has 210 valence electrons. The van der Waals surface area contributed by atoms with E-state index >= 15 is 0 Å². The lowest BCUT2D eigenvalue weighted by atomic mass is 9.85. The number of rotatable bonds is 8. The number of likely N-dealkylation sites (tertiary alicyclic amines) is 1. The average Bonchev–Trinajstić information content (AvgIpc) is 3.35. The number of carbonyl (C=O) groups is 4. The van der Waals surface area contributed by atoms with Gasteiger partial charge in [0.2, 0.25) is 11.8 Å². The van der Waals surface area contributed by atoms with Crippen molar-refractivity contribution in [1.82, 2.24) is 15.5 Å². The summed E-state index contributed by atoms with van der Waals surface area (Å²) in [4.78, 5) is 54.2. The van der Waals surface area contributed by atoms with Crippen molar-refractivity contribution in [3.8, 4) is 0 Å². The summed E-state index contributed by atoms with van der Waals surface area (Å²) in [5, 5.41) is 13.0. The fraction of sp³-hybridized carbons (Fsp3) is 0.464. The summed E-state index contributed by atoms with van der Waals surface area (Å²) in [7, 11) is 0. The lowest BCUT2D eigenvalue weighted by molar-refractivity contribution is -0.142. The van der Waals surface area contributed by atoms with Gasteiger partial charge in [-0.25, -0.2) is 4.79 Å². The fourth-order valence-corrected chi connectivity index (χ4v) is 5.21. The summed E-state index contributed by atoms with van der Waals surface area (Å²) in [5.41, 5.74) is 6.19. The normalized spacial score (nSPS) is 18.1. The van der Waals surface area contributed by atoms with E-state index in [4.69, 9.17) is 15.9 Å². The minimum absolute atomic E-state index is 0.0229. The molecule has 1 aromatic carbocycles. The first kappa shape index (κ1) is 29.8. The maximum Gasteiger partial charge on any atom is 0.418 e. The molecule has 0 aliphatic carbocycles. The van der Waals surface area contributed by atoms with Crippen LogP contribution in [0.1, 0.15) is 68.2 Å². The number of ether oxygens (including phenoxy) is 1. The minimum Gasteiger partial charge on any atom is -0.383 e. The van der Waals surface area contributed by atoms with E-state index < -0.39 is 36.0 Å². The summed E-state index contributed by atoms with van der Waals surface area (Å²) < 4.78 is 5.11. The predicted molar refractivity (Wildman–Crippen MR) is 149 cm³/mol. The van der Waals surface area contributed by atoms with Gasteiger partial charge in [-0.2, -0.15) is 0 Å². The number of carbonyl (C=O) groups excluding carboxylic acids is 4. The molecule has 0 saturated carbocycles. The van der Waals surface area contributed by atoms with E-state index in [2.05, 4.69) is 10.6 Å². The molecule has 39 heavy (non-hydrogen) atoms. The van der Waals surface area contributed by atoms with Gasteiger partial charge in [0.15, 0.2) is 0 Å². The Kier molecular flexibility index (Phi) is 9.85. The van der Waals surface area contributed by atoms with Gasteiger partial charge in [0.1, 0.15) is 17.9 Å². The van der Waals surface area contributed by atoms with Gasteiger partial charge >= 0.3 is 12.1 Å². The van der Waals surface area contributed by atoms with Crippen LogP contribution in [0.25, 0.3) is 0 Å². The highest BCUT2D eigenvalue weighted by Gasteiger charge is 2.39. The van der Waals surface area contributed by atoms with Gasteiger partial charge < -0.3 is 21.1 Å². The van der Waals surface area contributed by atoms with Crippen LogP contribution >= 0.6 is 11.3 Å². The lowest BCUT2D eigenvalue weighted by Crippen LogP contribution is -2.56. The molecule has 0 bridgehead atoms. The van der Waals surface area contributed by atoms with Crippen molar-refractivity contribution in [2.45, 2.75) is 71.5 Å². The van der Waals surface area contributed by atoms with Crippen LogP contribution in [0.4, 0.5) is 4.79 Å². The molecule has 0 radical (unpaired) electrons. The van der Waals surface area contributed by atoms with Crippen LogP contribution in [0.5, 0.6) is 0 Å². The average molecular weight is 556 g/mol. The summed E-state index contributed by atoms with van der Waals surface area (Å²) in [6, 6.07) is 11.4. The van der Waals surface area contributed by atoms with E-state index in [9.17, 15) is 19.2 Å². The van der Waals surface area contributed by atoms with E-state index in [-0.39, 0.29) is 36.7 Å². The fourth-order valence-electron chi connectivity index (χ4n) is 4.41. The topological polar surface area (TPSA) is 155 Å². The zero-order chi connectivity index (χ0) is 28.7. The summed E-state index contributed by atoms with van der Waals surface area (Å²) in [5.74, 6) is -1.55. The van der Waals surface area contributed by atoms with Crippen molar-refractivity contribution in [2.75, 3.05) is 6.54 Å². The first-order valence-electron chi connectivity index (χ1n) is 12.9. The highest BCUT2D eigenvalue weighted by atomic mass is 32.1. The molecular formula is C28H37N5O5S. The molecule has 0 spiro atoms. The molecule has 1 saturated heterocycles. The quantitative estimate of drug-likeness (QED) is 0.169. The Bertz CT molecular complexity index is 1210. The number of piperidine rings is 1. The van der Waals surface area contributed by atoms with E-state index in [1.807, 2.05) is 51.1 Å².